The van der Waals surface area contributed by atoms with E-state index < -0.39 is 0 Å². The molecule has 2 aromatic heterocycles. The van der Waals surface area contributed by atoms with Crippen LogP contribution < -0.4 is 4.90 Å². The van der Waals surface area contributed by atoms with E-state index in [1.165, 1.54) is 96.3 Å². The fourth-order valence-electron chi connectivity index (χ4n) is 11.2. The maximum atomic E-state index is 3.36. The number of anilines is 3. The Labute approximate surface area is 547 Å². The molecule has 3 heteroatoms. The second-order valence-electron chi connectivity index (χ2n) is 22.1. The van der Waals surface area contributed by atoms with Crippen molar-refractivity contribution in [2.45, 2.75) is 60.8 Å². The van der Waals surface area contributed by atoms with E-state index in [2.05, 4.69) is 338 Å². The first kappa shape index (κ1) is 65.4. The van der Waals surface area contributed by atoms with E-state index in [4.69, 9.17) is 0 Å². The van der Waals surface area contributed by atoms with Crippen molar-refractivity contribution >= 4 is 60.7 Å². The van der Waals surface area contributed by atoms with Gasteiger partial charge in [-0.3, -0.25) is 0 Å². The largest absolute Gasteiger partial charge is 0.311 e. The maximum absolute atomic E-state index is 3.36. The van der Waals surface area contributed by atoms with Gasteiger partial charge < -0.3 is 14.0 Å². The highest BCUT2D eigenvalue weighted by Gasteiger charge is 2.22. The molecule has 3 nitrogen and oxygen atoms in total. The van der Waals surface area contributed by atoms with Gasteiger partial charge in [0.25, 0.3) is 0 Å². The number of fused-ring (bicyclic) bond motifs is 7. The summed E-state index contributed by atoms with van der Waals surface area (Å²) in [5.41, 5.74) is 19.8. The lowest BCUT2D eigenvalue weighted by Crippen LogP contribution is -2.09. The third-order valence-corrected chi connectivity index (χ3v) is 15.6. The van der Waals surface area contributed by atoms with Crippen LogP contribution in [0.1, 0.15) is 60.8 Å². The van der Waals surface area contributed by atoms with E-state index in [1.54, 1.807) is 12.2 Å². The van der Waals surface area contributed by atoms with E-state index in [0.29, 0.717) is 0 Å². The van der Waals surface area contributed by atoms with Gasteiger partial charge in [-0.15, -0.1) is 0 Å². The molecule has 11 aromatic carbocycles. The molecule has 1 aliphatic rings. The smallest absolute Gasteiger partial charge is 0.0641 e. The molecule has 0 saturated heterocycles. The molecule has 92 heavy (non-hydrogen) atoms. The van der Waals surface area contributed by atoms with Gasteiger partial charge in [-0.2, -0.15) is 0 Å². The van der Waals surface area contributed by atoms with Crippen LogP contribution in [0.25, 0.3) is 99.5 Å². The van der Waals surface area contributed by atoms with Crippen molar-refractivity contribution in [3.8, 4) is 55.9 Å². The number of hydrogen-bond acceptors (Lipinski definition) is 1. The summed E-state index contributed by atoms with van der Waals surface area (Å²) in [6.07, 6.45) is 27.5. The summed E-state index contributed by atoms with van der Waals surface area (Å²) in [6.45, 7) is 19.0. The lowest BCUT2D eigenvalue weighted by Gasteiger charge is -2.26. The van der Waals surface area contributed by atoms with Crippen LogP contribution >= 0.6 is 0 Å². The second-order valence-corrected chi connectivity index (χ2v) is 22.1. The zero-order valence-electron chi connectivity index (χ0n) is 54.3. The third-order valence-electron chi connectivity index (χ3n) is 15.6. The molecule has 13 aromatic rings. The Bertz CT molecular complexity index is 4460. The SMILES string of the molecule is C/C=C\C.C/C=C\C=C/C.C1=CCCC=C1.C=CC=C.CCC.c1ccc(-c2ccc(N(c3ccc(-c4ccccc4)cc3)c3ccc(-c4cccc(-n5c6ccccc6c6ccc7c(c8ccccc8n7-c7ccc(-c8ccccc8)cc7)c65)c4)cc3)cc2)cc1. The van der Waals surface area contributed by atoms with Crippen LogP contribution in [0.3, 0.4) is 0 Å². The number of allylic oxidation sites excluding steroid dienone is 12. The Balaban J connectivity index is 0.000000374. The number of para-hydroxylation sites is 2. The molecule has 14 rings (SSSR count). The van der Waals surface area contributed by atoms with E-state index in [1.807, 2.05) is 64.2 Å². The lowest BCUT2D eigenvalue weighted by atomic mass is 10.0. The molecular formula is C89H85N3. The van der Waals surface area contributed by atoms with Crippen molar-refractivity contribution in [2.75, 3.05) is 4.90 Å². The van der Waals surface area contributed by atoms with E-state index in [-0.39, 0.29) is 0 Å². The van der Waals surface area contributed by atoms with E-state index in [9.17, 15) is 0 Å². The summed E-state index contributed by atoms with van der Waals surface area (Å²) in [4.78, 5) is 2.35. The third kappa shape index (κ3) is 16.1. The van der Waals surface area contributed by atoms with Crippen molar-refractivity contribution in [3.05, 3.63) is 359 Å². The number of rotatable bonds is 11. The van der Waals surface area contributed by atoms with Crippen molar-refractivity contribution in [2.24, 2.45) is 0 Å². The predicted molar refractivity (Wildman–Crippen MR) is 406 cm³/mol. The first-order chi connectivity index (χ1) is 45.4. The Morgan fingerprint density at radius 2 is 0.717 bits per heavy atom. The van der Waals surface area contributed by atoms with Gasteiger partial charge in [0, 0.05) is 50.0 Å². The molecule has 0 aliphatic heterocycles. The number of nitrogens with zero attached hydrogens (tertiary/aromatic N) is 3. The maximum Gasteiger partial charge on any atom is 0.0641 e. The highest BCUT2D eigenvalue weighted by molar-refractivity contribution is 6.26. The Morgan fingerprint density at radius 1 is 0.337 bits per heavy atom. The van der Waals surface area contributed by atoms with Gasteiger partial charge in [0.05, 0.1) is 22.1 Å². The molecule has 0 bridgehead atoms. The van der Waals surface area contributed by atoms with Gasteiger partial charge >= 0.3 is 0 Å². The van der Waals surface area contributed by atoms with Gasteiger partial charge in [0.15, 0.2) is 0 Å². The van der Waals surface area contributed by atoms with Crippen LogP contribution in [0, 0.1) is 0 Å². The summed E-state index contributed by atoms with van der Waals surface area (Å²) in [6, 6.07) is 98.9. The molecule has 1 aliphatic carbocycles. The molecule has 2 heterocycles. The van der Waals surface area contributed by atoms with Crippen LogP contribution in [-0.2, 0) is 0 Å². The number of hydrogen-bond donors (Lipinski definition) is 0. The van der Waals surface area contributed by atoms with Gasteiger partial charge in [-0.25, -0.2) is 0 Å². The normalized spacial score (nSPS) is 11.4. The number of aromatic nitrogens is 2. The van der Waals surface area contributed by atoms with E-state index in [0.717, 1.165) is 39.6 Å². The van der Waals surface area contributed by atoms with Crippen LogP contribution in [-0.4, -0.2) is 9.13 Å². The molecule has 0 amide bonds. The highest BCUT2D eigenvalue weighted by atomic mass is 15.1. The highest BCUT2D eigenvalue weighted by Crippen LogP contribution is 2.43. The van der Waals surface area contributed by atoms with Crippen LogP contribution in [0.4, 0.5) is 17.1 Å². The summed E-state index contributed by atoms with van der Waals surface area (Å²) < 4.78 is 4.91. The first-order valence-electron chi connectivity index (χ1n) is 32.2. The summed E-state index contributed by atoms with van der Waals surface area (Å²) >= 11 is 0. The molecule has 0 radical (unpaired) electrons. The molecule has 0 unspecified atom stereocenters. The van der Waals surface area contributed by atoms with Crippen LogP contribution in [0.5, 0.6) is 0 Å². The monoisotopic (exact) mass is 1200 g/mol. The standard InChI is InChI=1S/C66H45N3.C6H8.C6H10.C4H8.C4H6.C3H8/c1-4-15-46(16-5-1)49-27-35-54(36-28-49)67(55-37-29-50(30-38-55)47-17-6-2-7-18-47)56-39-33-52(34-40-56)53-21-14-22-58(45-53)69-62-25-12-10-23-59(62)60-43-44-64-65(66(60)69)61-24-11-13-26-63(61)68(64)57-41-31-51(32-42-57)48-19-8-3-9-20-48;1-2-4-6-5-3-1;1-3-5-6-4-2;2*1-3-4-2;1-3-2/h1-45H;1-4H,5-6H2;3-6H,1-2H3;3-4H,1-2H3;3-4H,1-2H2;3H2,1-2H3/b;;5-3-,6-4-;4-3-;;. The number of benzene rings is 11. The molecule has 0 spiro atoms. The minimum Gasteiger partial charge on any atom is -0.311 e. The topological polar surface area (TPSA) is 13.1 Å². The van der Waals surface area contributed by atoms with Gasteiger partial charge in [-0.05, 0) is 164 Å². The first-order valence-corrected chi connectivity index (χ1v) is 32.2. The lowest BCUT2D eigenvalue weighted by molar-refractivity contribution is 1.04. The predicted octanol–water partition coefficient (Wildman–Crippen LogP) is 26.4. The summed E-state index contributed by atoms with van der Waals surface area (Å²) in [7, 11) is 0. The van der Waals surface area contributed by atoms with E-state index >= 15 is 0 Å². The Kier molecular flexibility index (Phi) is 24.3. The minimum atomic E-state index is 1.09. The molecule has 0 atom stereocenters. The molecule has 0 saturated carbocycles. The minimum absolute atomic E-state index is 1.09. The Morgan fingerprint density at radius 3 is 1.13 bits per heavy atom. The van der Waals surface area contributed by atoms with Crippen molar-refractivity contribution in [1.29, 1.82) is 0 Å². The van der Waals surface area contributed by atoms with Gasteiger partial charge in [0.1, 0.15) is 0 Å². The zero-order valence-corrected chi connectivity index (χ0v) is 54.3. The molecule has 456 valence electrons. The second kappa shape index (κ2) is 34.1. The van der Waals surface area contributed by atoms with Crippen molar-refractivity contribution in [1.82, 2.24) is 9.13 Å². The van der Waals surface area contributed by atoms with Gasteiger partial charge in [0.2, 0.25) is 0 Å². The van der Waals surface area contributed by atoms with Crippen LogP contribution in [0.15, 0.2) is 359 Å². The van der Waals surface area contributed by atoms with Crippen molar-refractivity contribution < 1.29 is 0 Å². The van der Waals surface area contributed by atoms with Crippen LogP contribution in [0.2, 0.25) is 0 Å². The summed E-state index contributed by atoms with van der Waals surface area (Å²) in [5, 5.41) is 4.95. The van der Waals surface area contributed by atoms with Gasteiger partial charge in [-0.1, -0.05) is 300 Å². The molecular weight excluding hydrogens is 1110 g/mol. The zero-order chi connectivity index (χ0) is 64.3. The Hall–Kier alpha value is -11.0. The quantitative estimate of drug-likeness (QED) is 0.0929. The summed E-state index contributed by atoms with van der Waals surface area (Å²) in [5.74, 6) is 0. The fraction of sp³-hybridized carbons (Fsp3) is 0.101. The molecule has 0 N–H and O–H groups in total. The fourth-order valence-corrected chi connectivity index (χ4v) is 11.2. The average Bonchev–Trinajstić information content (AvgIpc) is 1.55. The molecule has 0 fully saturated rings. The van der Waals surface area contributed by atoms with Crippen molar-refractivity contribution in [3.63, 3.8) is 0 Å². The average molecular weight is 1200 g/mol.